The quantitative estimate of drug-likeness (QED) is 0.814. The fourth-order valence-corrected chi connectivity index (χ4v) is 2.19. The Kier molecular flexibility index (Phi) is 5.23. The van der Waals surface area contributed by atoms with Gasteiger partial charge in [-0.1, -0.05) is 35.9 Å². The highest BCUT2D eigenvalue weighted by Crippen LogP contribution is 2.24. The van der Waals surface area contributed by atoms with Crippen molar-refractivity contribution in [1.82, 2.24) is 0 Å². The molecule has 2 aromatic rings. The molecule has 0 aliphatic carbocycles. The van der Waals surface area contributed by atoms with Gasteiger partial charge in [-0.05, 0) is 43.7 Å². The van der Waals surface area contributed by atoms with Gasteiger partial charge in [-0.2, -0.15) is 0 Å². The number of carbonyl (C=O) groups excluding carboxylic acids is 1. The molecule has 0 saturated heterocycles. The second kappa shape index (κ2) is 7.14. The Hall–Kier alpha value is -2.00. The lowest BCUT2D eigenvalue weighted by atomic mass is 10.1. The Morgan fingerprint density at radius 1 is 1.19 bits per heavy atom. The number of nitrogens with one attached hydrogen (secondary N) is 1. The Morgan fingerprint density at radius 3 is 2.52 bits per heavy atom. The molecule has 0 amide bonds. The first-order valence-corrected chi connectivity index (χ1v) is 7.27. The summed E-state index contributed by atoms with van der Waals surface area (Å²) in [4.78, 5) is 11.9. The van der Waals surface area contributed by atoms with Gasteiger partial charge in [0.15, 0.2) is 0 Å². The molecule has 4 heteroatoms. The zero-order chi connectivity index (χ0) is 15.2. The molecule has 0 fully saturated rings. The zero-order valence-corrected chi connectivity index (χ0v) is 12.9. The summed E-state index contributed by atoms with van der Waals surface area (Å²) >= 11 is 5.90. The molecule has 0 aliphatic rings. The average Bonchev–Trinajstić information content (AvgIpc) is 2.48. The predicted octanol–water partition coefficient (Wildman–Crippen LogP) is 4.69. The lowest BCUT2D eigenvalue weighted by molar-refractivity contribution is 0.0527. The van der Waals surface area contributed by atoms with Crippen LogP contribution in [0.1, 0.15) is 35.8 Å². The Labute approximate surface area is 129 Å². The molecule has 1 unspecified atom stereocenters. The predicted molar refractivity (Wildman–Crippen MR) is 85.9 cm³/mol. The van der Waals surface area contributed by atoms with Crippen LogP contribution in [-0.2, 0) is 4.74 Å². The molecular formula is C17H18ClNO2. The number of hydrogen-bond acceptors (Lipinski definition) is 3. The highest BCUT2D eigenvalue weighted by molar-refractivity contribution is 6.30. The average molecular weight is 304 g/mol. The van der Waals surface area contributed by atoms with Crippen LogP contribution in [0.4, 0.5) is 5.69 Å². The lowest BCUT2D eigenvalue weighted by Gasteiger charge is -2.18. The third-order valence-corrected chi connectivity index (χ3v) is 3.42. The number of anilines is 1. The van der Waals surface area contributed by atoms with Crippen LogP contribution in [0.15, 0.2) is 48.5 Å². The van der Waals surface area contributed by atoms with Gasteiger partial charge in [-0.25, -0.2) is 4.79 Å². The molecule has 110 valence electrons. The van der Waals surface area contributed by atoms with Crippen molar-refractivity contribution in [3.63, 3.8) is 0 Å². The molecular weight excluding hydrogens is 286 g/mol. The van der Waals surface area contributed by atoms with Crippen LogP contribution < -0.4 is 5.32 Å². The van der Waals surface area contributed by atoms with Crippen LogP contribution in [0.3, 0.4) is 0 Å². The minimum absolute atomic E-state index is 0.0536. The SMILES string of the molecule is CCOC(=O)c1ccccc1NC(C)c1ccc(Cl)cc1. The lowest BCUT2D eigenvalue weighted by Crippen LogP contribution is -2.12. The minimum atomic E-state index is -0.316. The van der Waals surface area contributed by atoms with Gasteiger partial charge in [-0.3, -0.25) is 0 Å². The van der Waals surface area contributed by atoms with Gasteiger partial charge in [0.05, 0.1) is 12.2 Å². The molecule has 0 heterocycles. The molecule has 0 aromatic heterocycles. The van der Waals surface area contributed by atoms with Gasteiger partial charge in [0.1, 0.15) is 0 Å². The van der Waals surface area contributed by atoms with Crippen LogP contribution in [-0.4, -0.2) is 12.6 Å². The fraction of sp³-hybridized carbons (Fsp3) is 0.235. The van der Waals surface area contributed by atoms with E-state index in [0.29, 0.717) is 17.2 Å². The van der Waals surface area contributed by atoms with Crippen molar-refractivity contribution in [2.24, 2.45) is 0 Å². The van der Waals surface area contributed by atoms with E-state index < -0.39 is 0 Å². The van der Waals surface area contributed by atoms with E-state index in [4.69, 9.17) is 16.3 Å². The monoisotopic (exact) mass is 303 g/mol. The second-order valence-corrected chi connectivity index (χ2v) is 5.12. The number of para-hydroxylation sites is 1. The van der Waals surface area contributed by atoms with E-state index in [2.05, 4.69) is 5.32 Å². The van der Waals surface area contributed by atoms with E-state index in [1.165, 1.54) is 0 Å². The summed E-state index contributed by atoms with van der Waals surface area (Å²) in [7, 11) is 0. The van der Waals surface area contributed by atoms with Gasteiger partial charge < -0.3 is 10.1 Å². The normalized spacial score (nSPS) is 11.8. The summed E-state index contributed by atoms with van der Waals surface area (Å²) in [5.41, 5.74) is 2.40. The van der Waals surface area contributed by atoms with Crippen LogP contribution in [0.25, 0.3) is 0 Å². The molecule has 0 bridgehead atoms. The van der Waals surface area contributed by atoms with Gasteiger partial charge in [0, 0.05) is 16.8 Å². The van der Waals surface area contributed by atoms with Crippen LogP contribution in [0, 0.1) is 0 Å². The number of halogens is 1. The summed E-state index contributed by atoms with van der Waals surface area (Å²) in [6, 6.07) is 15.0. The molecule has 2 aromatic carbocycles. The van der Waals surface area contributed by atoms with E-state index in [1.54, 1.807) is 13.0 Å². The molecule has 0 aliphatic heterocycles. The number of rotatable bonds is 5. The summed E-state index contributed by atoms with van der Waals surface area (Å²) in [6.07, 6.45) is 0. The van der Waals surface area contributed by atoms with Crippen LogP contribution in [0.5, 0.6) is 0 Å². The molecule has 0 saturated carbocycles. The van der Waals surface area contributed by atoms with E-state index in [-0.39, 0.29) is 12.0 Å². The minimum Gasteiger partial charge on any atom is -0.462 e. The first kappa shape index (κ1) is 15.4. The van der Waals surface area contributed by atoms with E-state index in [0.717, 1.165) is 11.3 Å². The summed E-state index contributed by atoms with van der Waals surface area (Å²) < 4.78 is 5.08. The summed E-state index contributed by atoms with van der Waals surface area (Å²) in [5, 5.41) is 4.05. The van der Waals surface area contributed by atoms with Crippen molar-refractivity contribution in [2.45, 2.75) is 19.9 Å². The molecule has 1 atom stereocenters. The largest absolute Gasteiger partial charge is 0.462 e. The van der Waals surface area contributed by atoms with Gasteiger partial charge in [0.2, 0.25) is 0 Å². The molecule has 21 heavy (non-hydrogen) atoms. The molecule has 3 nitrogen and oxygen atoms in total. The number of ether oxygens (including phenoxy) is 1. The van der Waals surface area contributed by atoms with E-state index in [1.807, 2.05) is 49.4 Å². The first-order valence-electron chi connectivity index (χ1n) is 6.90. The number of carbonyl (C=O) groups is 1. The third kappa shape index (κ3) is 3.99. The molecule has 0 spiro atoms. The number of hydrogen-bond donors (Lipinski definition) is 1. The van der Waals surface area contributed by atoms with Crippen molar-refractivity contribution in [1.29, 1.82) is 0 Å². The van der Waals surface area contributed by atoms with Gasteiger partial charge in [-0.15, -0.1) is 0 Å². The molecule has 0 radical (unpaired) electrons. The molecule has 2 rings (SSSR count). The maximum atomic E-state index is 11.9. The highest BCUT2D eigenvalue weighted by Gasteiger charge is 2.14. The number of esters is 1. The maximum Gasteiger partial charge on any atom is 0.340 e. The van der Waals surface area contributed by atoms with Crippen molar-refractivity contribution in [3.05, 3.63) is 64.7 Å². The highest BCUT2D eigenvalue weighted by atomic mass is 35.5. The third-order valence-electron chi connectivity index (χ3n) is 3.16. The van der Waals surface area contributed by atoms with Gasteiger partial charge in [0.25, 0.3) is 0 Å². The molecule has 1 N–H and O–H groups in total. The fourth-order valence-electron chi connectivity index (χ4n) is 2.06. The number of benzene rings is 2. The van der Waals surface area contributed by atoms with Crippen molar-refractivity contribution in [2.75, 3.05) is 11.9 Å². The van der Waals surface area contributed by atoms with E-state index >= 15 is 0 Å². The maximum absolute atomic E-state index is 11.9. The topological polar surface area (TPSA) is 38.3 Å². The summed E-state index contributed by atoms with van der Waals surface area (Å²) in [6.45, 7) is 4.19. The van der Waals surface area contributed by atoms with Crippen LogP contribution in [0.2, 0.25) is 5.02 Å². The van der Waals surface area contributed by atoms with Crippen molar-refractivity contribution < 1.29 is 9.53 Å². The zero-order valence-electron chi connectivity index (χ0n) is 12.1. The van der Waals surface area contributed by atoms with E-state index in [9.17, 15) is 4.79 Å². The second-order valence-electron chi connectivity index (χ2n) is 4.68. The first-order chi connectivity index (χ1) is 10.1. The Balaban J connectivity index is 2.19. The summed E-state index contributed by atoms with van der Waals surface area (Å²) in [5.74, 6) is -0.316. The van der Waals surface area contributed by atoms with Crippen LogP contribution >= 0.6 is 11.6 Å². The van der Waals surface area contributed by atoms with Crippen molar-refractivity contribution >= 4 is 23.3 Å². The smallest absolute Gasteiger partial charge is 0.340 e. The van der Waals surface area contributed by atoms with Gasteiger partial charge >= 0.3 is 5.97 Å². The van der Waals surface area contributed by atoms with Crippen molar-refractivity contribution in [3.8, 4) is 0 Å². The Morgan fingerprint density at radius 2 is 1.86 bits per heavy atom. The standard InChI is InChI=1S/C17H18ClNO2/c1-3-21-17(20)15-6-4-5-7-16(15)19-12(2)13-8-10-14(18)11-9-13/h4-12,19H,3H2,1-2H3. The Bertz CT molecular complexity index is 610.